The number of aromatic hydroxyl groups is 1. The standard InChI is InChI=1S/C15H10F6N2O2/c16-14(17,18)8-5-9(15(19,20)21)7-11(6-8)23-13(25)22-10-1-3-12(24)4-2-10/h1-7,24H,(H2,22,23,25). The van der Waals surface area contributed by atoms with Gasteiger partial charge in [-0.25, -0.2) is 4.79 Å². The van der Waals surface area contributed by atoms with Gasteiger partial charge in [-0.3, -0.25) is 0 Å². The number of phenolic OH excluding ortho intramolecular Hbond substituents is 1. The van der Waals surface area contributed by atoms with E-state index < -0.39 is 35.2 Å². The molecule has 0 atom stereocenters. The van der Waals surface area contributed by atoms with Crippen LogP contribution in [0.25, 0.3) is 0 Å². The second kappa shape index (κ2) is 6.54. The molecule has 0 fully saturated rings. The van der Waals surface area contributed by atoms with Gasteiger partial charge in [-0.15, -0.1) is 0 Å². The molecule has 2 rings (SSSR count). The molecule has 3 N–H and O–H groups in total. The maximum Gasteiger partial charge on any atom is 0.416 e. The highest BCUT2D eigenvalue weighted by molar-refractivity contribution is 5.99. The van der Waals surface area contributed by atoms with Crippen molar-refractivity contribution in [2.45, 2.75) is 12.4 Å². The molecular formula is C15H10F6N2O2. The van der Waals surface area contributed by atoms with Crippen molar-refractivity contribution in [3.8, 4) is 5.75 Å². The fourth-order valence-corrected chi connectivity index (χ4v) is 1.87. The molecule has 0 spiro atoms. The minimum absolute atomic E-state index is 0.0386. The Morgan fingerprint density at radius 3 is 1.64 bits per heavy atom. The number of urea groups is 1. The number of hydrogen-bond donors (Lipinski definition) is 3. The molecule has 0 aliphatic heterocycles. The average molecular weight is 364 g/mol. The summed E-state index contributed by atoms with van der Waals surface area (Å²) in [4.78, 5) is 11.7. The number of carbonyl (C=O) groups excluding carboxylic acids is 1. The Morgan fingerprint density at radius 1 is 0.760 bits per heavy atom. The summed E-state index contributed by atoms with van der Waals surface area (Å²) in [5.74, 6) is -0.0846. The van der Waals surface area contributed by atoms with E-state index in [4.69, 9.17) is 5.11 Å². The first-order chi connectivity index (χ1) is 11.4. The first-order valence-corrected chi connectivity index (χ1v) is 6.62. The summed E-state index contributed by atoms with van der Waals surface area (Å²) >= 11 is 0. The molecular weight excluding hydrogens is 354 g/mol. The normalized spacial score (nSPS) is 11.9. The molecule has 0 unspecified atom stereocenters. The lowest BCUT2D eigenvalue weighted by atomic mass is 10.1. The van der Waals surface area contributed by atoms with Crippen molar-refractivity contribution in [1.29, 1.82) is 0 Å². The van der Waals surface area contributed by atoms with E-state index in [1.807, 2.05) is 5.32 Å². The van der Waals surface area contributed by atoms with Gasteiger partial charge in [-0.2, -0.15) is 26.3 Å². The van der Waals surface area contributed by atoms with Crippen LogP contribution in [0, 0.1) is 0 Å². The molecule has 0 saturated heterocycles. The van der Waals surface area contributed by atoms with E-state index in [9.17, 15) is 31.1 Å². The number of rotatable bonds is 2. The van der Waals surface area contributed by atoms with Crippen LogP contribution < -0.4 is 10.6 Å². The lowest BCUT2D eigenvalue weighted by Gasteiger charge is -2.15. The highest BCUT2D eigenvalue weighted by Crippen LogP contribution is 2.37. The highest BCUT2D eigenvalue weighted by Gasteiger charge is 2.37. The van der Waals surface area contributed by atoms with Crippen LogP contribution in [0.5, 0.6) is 5.75 Å². The predicted molar refractivity (Wildman–Crippen MR) is 77.2 cm³/mol. The summed E-state index contributed by atoms with van der Waals surface area (Å²) in [6.45, 7) is 0. The summed E-state index contributed by atoms with van der Waals surface area (Å²) in [6, 6.07) is 4.77. The third-order valence-electron chi connectivity index (χ3n) is 2.97. The van der Waals surface area contributed by atoms with Gasteiger partial charge < -0.3 is 15.7 Å². The molecule has 2 aromatic carbocycles. The largest absolute Gasteiger partial charge is 0.508 e. The molecule has 0 heterocycles. The van der Waals surface area contributed by atoms with Gasteiger partial charge in [0.2, 0.25) is 0 Å². The van der Waals surface area contributed by atoms with Crippen molar-refractivity contribution in [3.05, 3.63) is 53.6 Å². The zero-order valence-electron chi connectivity index (χ0n) is 12.2. The van der Waals surface area contributed by atoms with Gasteiger partial charge in [0.1, 0.15) is 5.75 Å². The van der Waals surface area contributed by atoms with E-state index >= 15 is 0 Å². The third kappa shape index (κ3) is 5.03. The highest BCUT2D eigenvalue weighted by atomic mass is 19.4. The Kier molecular flexibility index (Phi) is 4.82. The van der Waals surface area contributed by atoms with Crippen molar-refractivity contribution in [2.24, 2.45) is 0 Å². The number of halogens is 6. The molecule has 25 heavy (non-hydrogen) atoms. The fraction of sp³-hybridized carbons (Fsp3) is 0.133. The third-order valence-corrected chi connectivity index (χ3v) is 2.97. The summed E-state index contributed by atoms with van der Waals surface area (Å²) in [5, 5.41) is 13.2. The van der Waals surface area contributed by atoms with E-state index in [0.29, 0.717) is 12.1 Å². The molecule has 0 radical (unpaired) electrons. The van der Waals surface area contributed by atoms with Crippen molar-refractivity contribution in [1.82, 2.24) is 0 Å². The number of carbonyl (C=O) groups is 1. The maximum atomic E-state index is 12.7. The quantitative estimate of drug-likeness (QED) is 0.514. The average Bonchev–Trinajstić information content (AvgIpc) is 2.47. The second-order valence-corrected chi connectivity index (χ2v) is 4.92. The van der Waals surface area contributed by atoms with E-state index in [2.05, 4.69) is 5.32 Å². The first kappa shape index (κ1) is 18.4. The number of hydrogen-bond acceptors (Lipinski definition) is 2. The Hall–Kier alpha value is -2.91. The van der Waals surface area contributed by atoms with Crippen LogP contribution in [-0.4, -0.2) is 11.1 Å². The Morgan fingerprint density at radius 2 is 1.20 bits per heavy atom. The van der Waals surface area contributed by atoms with E-state index in [1.165, 1.54) is 24.3 Å². The zero-order valence-corrected chi connectivity index (χ0v) is 12.2. The SMILES string of the molecule is O=C(Nc1ccc(O)cc1)Nc1cc(C(F)(F)F)cc(C(F)(F)F)c1. The van der Waals surface area contributed by atoms with Crippen molar-refractivity contribution in [2.75, 3.05) is 10.6 Å². The van der Waals surface area contributed by atoms with Crippen LogP contribution in [0.2, 0.25) is 0 Å². The molecule has 2 aromatic rings. The molecule has 0 saturated carbocycles. The van der Waals surface area contributed by atoms with Crippen molar-refractivity contribution in [3.63, 3.8) is 0 Å². The molecule has 0 aliphatic carbocycles. The predicted octanol–water partition coefficient (Wildman–Crippen LogP) is 5.07. The van der Waals surface area contributed by atoms with Gasteiger partial charge >= 0.3 is 18.4 Å². The maximum absolute atomic E-state index is 12.7. The fourth-order valence-electron chi connectivity index (χ4n) is 1.87. The second-order valence-electron chi connectivity index (χ2n) is 4.92. The number of alkyl halides is 6. The summed E-state index contributed by atoms with van der Waals surface area (Å²) in [5.41, 5.74) is -3.57. The Labute approximate surface area is 137 Å². The minimum Gasteiger partial charge on any atom is -0.508 e. The van der Waals surface area contributed by atoms with E-state index in [0.717, 1.165) is 0 Å². The van der Waals surface area contributed by atoms with Crippen LogP contribution in [-0.2, 0) is 12.4 Å². The molecule has 10 heteroatoms. The summed E-state index contributed by atoms with van der Waals surface area (Å²) < 4.78 is 76.4. The number of phenols is 1. The van der Waals surface area contributed by atoms with Gasteiger partial charge in [-0.1, -0.05) is 0 Å². The zero-order chi connectivity index (χ0) is 18.8. The molecule has 0 aliphatic rings. The number of nitrogens with one attached hydrogen (secondary N) is 2. The van der Waals surface area contributed by atoms with Crippen LogP contribution in [0.3, 0.4) is 0 Å². The smallest absolute Gasteiger partial charge is 0.416 e. The van der Waals surface area contributed by atoms with Gasteiger partial charge in [0.15, 0.2) is 0 Å². The monoisotopic (exact) mass is 364 g/mol. The van der Waals surface area contributed by atoms with Crippen LogP contribution >= 0.6 is 0 Å². The summed E-state index contributed by atoms with van der Waals surface area (Å²) in [6.07, 6.45) is -10.0. The number of anilines is 2. The molecule has 0 aromatic heterocycles. The molecule has 134 valence electrons. The molecule has 0 bridgehead atoms. The van der Waals surface area contributed by atoms with Gasteiger partial charge in [0.05, 0.1) is 11.1 Å². The first-order valence-electron chi connectivity index (χ1n) is 6.62. The lowest BCUT2D eigenvalue weighted by molar-refractivity contribution is -0.143. The molecule has 4 nitrogen and oxygen atoms in total. The molecule has 2 amide bonds. The Bertz CT molecular complexity index is 737. The van der Waals surface area contributed by atoms with E-state index in [-0.39, 0.29) is 17.5 Å². The van der Waals surface area contributed by atoms with Crippen LogP contribution in [0.4, 0.5) is 42.5 Å². The van der Waals surface area contributed by atoms with Gasteiger partial charge in [-0.05, 0) is 42.5 Å². The number of benzene rings is 2. The van der Waals surface area contributed by atoms with Crippen LogP contribution in [0.1, 0.15) is 11.1 Å². The van der Waals surface area contributed by atoms with Crippen LogP contribution in [0.15, 0.2) is 42.5 Å². The Balaban J connectivity index is 2.25. The summed E-state index contributed by atoms with van der Waals surface area (Å²) in [7, 11) is 0. The van der Waals surface area contributed by atoms with Crippen molar-refractivity contribution < 1.29 is 36.2 Å². The van der Waals surface area contributed by atoms with Crippen molar-refractivity contribution >= 4 is 17.4 Å². The van der Waals surface area contributed by atoms with Gasteiger partial charge in [0.25, 0.3) is 0 Å². The van der Waals surface area contributed by atoms with Gasteiger partial charge in [0, 0.05) is 11.4 Å². The lowest BCUT2D eigenvalue weighted by Crippen LogP contribution is -2.20. The van der Waals surface area contributed by atoms with E-state index in [1.54, 1.807) is 0 Å². The topological polar surface area (TPSA) is 61.4 Å². The minimum atomic E-state index is -5.01. The number of amides is 2.